The van der Waals surface area contributed by atoms with Crippen LogP contribution in [0.3, 0.4) is 0 Å². The van der Waals surface area contributed by atoms with Crippen molar-refractivity contribution in [3.63, 3.8) is 0 Å². The quantitative estimate of drug-likeness (QED) is 0.699. The van der Waals surface area contributed by atoms with Crippen molar-refractivity contribution in [2.24, 2.45) is 0 Å². The van der Waals surface area contributed by atoms with Crippen LogP contribution in [-0.2, 0) is 26.1 Å². The van der Waals surface area contributed by atoms with E-state index in [9.17, 15) is 13.2 Å². The second-order valence-electron chi connectivity index (χ2n) is 6.48. The number of ether oxygens (including phenoxy) is 2. The topological polar surface area (TPSA) is 84.9 Å². The molecule has 3 rings (SSSR count). The number of amides is 1. The molecule has 29 heavy (non-hydrogen) atoms. The van der Waals surface area contributed by atoms with Gasteiger partial charge in [-0.05, 0) is 41.5 Å². The van der Waals surface area contributed by atoms with Gasteiger partial charge in [-0.3, -0.25) is 4.79 Å². The minimum absolute atomic E-state index is 0.231. The van der Waals surface area contributed by atoms with Crippen LogP contribution in [0.4, 0.5) is 0 Å². The summed E-state index contributed by atoms with van der Waals surface area (Å²) in [5.74, 6) is 0.532. The Morgan fingerprint density at radius 3 is 2.38 bits per heavy atom. The van der Waals surface area contributed by atoms with Crippen molar-refractivity contribution in [1.29, 1.82) is 0 Å². The van der Waals surface area contributed by atoms with E-state index in [2.05, 4.69) is 5.32 Å². The number of carbonyl (C=O) groups excluding carboxylic acids is 1. The Morgan fingerprint density at radius 1 is 1.10 bits per heavy atom. The fraction of sp³-hybridized carbons (Fsp3) is 0.286. The predicted molar refractivity (Wildman–Crippen MR) is 110 cm³/mol. The van der Waals surface area contributed by atoms with Crippen molar-refractivity contribution in [2.45, 2.75) is 11.4 Å². The molecule has 0 spiro atoms. The number of carbonyl (C=O) groups is 1. The Kier molecular flexibility index (Phi) is 7.03. The van der Waals surface area contributed by atoms with Crippen LogP contribution in [0.1, 0.15) is 11.1 Å². The van der Waals surface area contributed by atoms with Gasteiger partial charge in [-0.25, -0.2) is 8.42 Å². The van der Waals surface area contributed by atoms with Crippen LogP contribution in [0.25, 0.3) is 6.08 Å². The first-order valence-electron chi connectivity index (χ1n) is 9.26. The summed E-state index contributed by atoms with van der Waals surface area (Å²) < 4.78 is 36.9. The van der Waals surface area contributed by atoms with Crippen LogP contribution in [0, 0.1) is 0 Å². The zero-order valence-electron chi connectivity index (χ0n) is 16.2. The van der Waals surface area contributed by atoms with Gasteiger partial charge in [-0.1, -0.05) is 24.3 Å². The van der Waals surface area contributed by atoms with Gasteiger partial charge in [0, 0.05) is 25.7 Å². The van der Waals surface area contributed by atoms with E-state index in [-0.39, 0.29) is 10.8 Å². The lowest BCUT2D eigenvalue weighted by Gasteiger charge is -2.26. The normalized spacial score (nSPS) is 15.3. The highest BCUT2D eigenvalue weighted by Crippen LogP contribution is 2.18. The highest BCUT2D eigenvalue weighted by Gasteiger charge is 2.25. The Labute approximate surface area is 171 Å². The first-order chi connectivity index (χ1) is 14.0. The van der Waals surface area contributed by atoms with Crippen molar-refractivity contribution in [2.75, 3.05) is 33.4 Å². The van der Waals surface area contributed by atoms with Gasteiger partial charge in [0.05, 0.1) is 25.2 Å². The molecule has 0 aromatic heterocycles. The number of methoxy groups -OCH3 is 1. The second-order valence-corrected chi connectivity index (χ2v) is 8.42. The van der Waals surface area contributed by atoms with Gasteiger partial charge in [0.25, 0.3) is 0 Å². The Balaban J connectivity index is 1.55. The van der Waals surface area contributed by atoms with E-state index in [4.69, 9.17) is 9.47 Å². The van der Waals surface area contributed by atoms with Crippen molar-refractivity contribution < 1.29 is 22.7 Å². The third kappa shape index (κ3) is 5.66. The molecule has 0 aliphatic carbocycles. The summed E-state index contributed by atoms with van der Waals surface area (Å²) in [5.41, 5.74) is 1.70. The molecule has 0 unspecified atom stereocenters. The van der Waals surface area contributed by atoms with E-state index in [1.807, 2.05) is 24.3 Å². The molecule has 0 bridgehead atoms. The van der Waals surface area contributed by atoms with Gasteiger partial charge in [0.15, 0.2) is 0 Å². The number of morpholine rings is 1. The van der Waals surface area contributed by atoms with Crippen LogP contribution in [-0.4, -0.2) is 52.0 Å². The lowest BCUT2D eigenvalue weighted by atomic mass is 10.2. The van der Waals surface area contributed by atoms with Crippen LogP contribution >= 0.6 is 0 Å². The molecule has 2 aromatic carbocycles. The summed E-state index contributed by atoms with van der Waals surface area (Å²) in [5, 5.41) is 2.80. The summed E-state index contributed by atoms with van der Waals surface area (Å²) in [6, 6.07) is 13.9. The molecule has 1 amide bonds. The molecule has 1 saturated heterocycles. The van der Waals surface area contributed by atoms with Crippen LogP contribution in [0.5, 0.6) is 5.75 Å². The summed E-state index contributed by atoms with van der Waals surface area (Å²) in [4.78, 5) is 12.2. The lowest BCUT2D eigenvalue weighted by molar-refractivity contribution is -0.116. The van der Waals surface area contributed by atoms with Gasteiger partial charge in [0.2, 0.25) is 15.9 Å². The Bertz CT molecular complexity index is 948. The fourth-order valence-electron chi connectivity index (χ4n) is 2.85. The number of sulfonamides is 1. The summed E-state index contributed by atoms with van der Waals surface area (Å²) in [6.07, 6.45) is 3.07. The summed E-state index contributed by atoms with van der Waals surface area (Å²) in [6.45, 7) is 1.94. The van der Waals surface area contributed by atoms with Gasteiger partial charge in [-0.2, -0.15) is 4.31 Å². The second kappa shape index (κ2) is 9.69. The lowest BCUT2D eigenvalue weighted by Crippen LogP contribution is -2.40. The fourth-order valence-corrected chi connectivity index (χ4v) is 4.26. The van der Waals surface area contributed by atoms with E-state index in [0.29, 0.717) is 32.8 Å². The standard InChI is InChI=1S/C21H24N2O5S/c1-27-19-7-2-18(3-8-19)16-22-21(24)11-6-17-4-9-20(10-5-17)29(25,26)23-12-14-28-15-13-23/h2-11H,12-16H2,1H3,(H,22,24). The first kappa shape index (κ1) is 21.0. The first-order valence-corrected chi connectivity index (χ1v) is 10.7. The molecule has 1 fully saturated rings. The minimum atomic E-state index is -3.51. The van der Waals surface area contributed by atoms with Crippen molar-refractivity contribution in [3.8, 4) is 5.75 Å². The van der Waals surface area contributed by atoms with Gasteiger partial charge >= 0.3 is 0 Å². The SMILES string of the molecule is COc1ccc(CNC(=O)C=Cc2ccc(S(=O)(=O)N3CCOCC3)cc2)cc1. The zero-order valence-corrected chi connectivity index (χ0v) is 17.0. The molecule has 1 aliphatic rings. The van der Waals surface area contributed by atoms with E-state index >= 15 is 0 Å². The number of rotatable bonds is 7. The molecule has 1 heterocycles. The molecule has 1 N–H and O–H groups in total. The van der Waals surface area contributed by atoms with Crippen LogP contribution in [0.2, 0.25) is 0 Å². The predicted octanol–water partition coefficient (Wildman–Crippen LogP) is 2.05. The monoisotopic (exact) mass is 416 g/mol. The van der Waals surface area contributed by atoms with Crippen LogP contribution in [0.15, 0.2) is 59.5 Å². The Morgan fingerprint density at radius 2 is 1.76 bits per heavy atom. The maximum Gasteiger partial charge on any atom is 0.244 e. The average Bonchev–Trinajstić information content (AvgIpc) is 2.77. The molecular formula is C21H24N2O5S. The summed E-state index contributed by atoms with van der Waals surface area (Å²) in [7, 11) is -1.91. The van der Waals surface area contributed by atoms with E-state index in [1.165, 1.54) is 10.4 Å². The smallest absolute Gasteiger partial charge is 0.244 e. The zero-order chi connectivity index (χ0) is 20.7. The molecule has 154 valence electrons. The van der Waals surface area contributed by atoms with E-state index < -0.39 is 10.0 Å². The maximum atomic E-state index is 12.6. The number of nitrogens with one attached hydrogen (secondary N) is 1. The Hall–Kier alpha value is -2.68. The highest BCUT2D eigenvalue weighted by molar-refractivity contribution is 7.89. The molecule has 1 aliphatic heterocycles. The van der Waals surface area contributed by atoms with Crippen LogP contribution < -0.4 is 10.1 Å². The number of hydrogen-bond donors (Lipinski definition) is 1. The third-order valence-corrected chi connectivity index (χ3v) is 6.45. The largest absolute Gasteiger partial charge is 0.497 e. The molecular weight excluding hydrogens is 392 g/mol. The molecule has 8 heteroatoms. The average molecular weight is 416 g/mol. The van der Waals surface area contributed by atoms with Crippen molar-refractivity contribution >= 4 is 22.0 Å². The molecule has 2 aromatic rings. The van der Waals surface area contributed by atoms with Gasteiger partial charge in [0.1, 0.15) is 5.75 Å². The minimum Gasteiger partial charge on any atom is -0.497 e. The number of benzene rings is 2. The maximum absolute atomic E-state index is 12.6. The third-order valence-electron chi connectivity index (χ3n) is 4.54. The molecule has 0 radical (unpaired) electrons. The van der Waals surface area contributed by atoms with E-state index in [0.717, 1.165) is 16.9 Å². The van der Waals surface area contributed by atoms with Gasteiger partial charge in [-0.15, -0.1) is 0 Å². The van der Waals surface area contributed by atoms with Crippen molar-refractivity contribution in [3.05, 3.63) is 65.7 Å². The molecule has 0 saturated carbocycles. The number of nitrogens with zero attached hydrogens (tertiary/aromatic N) is 1. The van der Waals surface area contributed by atoms with E-state index in [1.54, 1.807) is 37.5 Å². The number of hydrogen-bond acceptors (Lipinski definition) is 5. The molecule has 7 nitrogen and oxygen atoms in total. The van der Waals surface area contributed by atoms with Crippen molar-refractivity contribution in [1.82, 2.24) is 9.62 Å². The molecule has 0 atom stereocenters. The highest BCUT2D eigenvalue weighted by atomic mass is 32.2. The van der Waals surface area contributed by atoms with Gasteiger partial charge < -0.3 is 14.8 Å². The summed E-state index contributed by atoms with van der Waals surface area (Å²) >= 11 is 0.